The lowest BCUT2D eigenvalue weighted by Gasteiger charge is -2.10. The van der Waals surface area contributed by atoms with Gasteiger partial charge in [0.05, 0.1) is 11.5 Å². The van der Waals surface area contributed by atoms with Gasteiger partial charge in [0.25, 0.3) is 5.91 Å². The summed E-state index contributed by atoms with van der Waals surface area (Å²) < 4.78 is 15.2. The summed E-state index contributed by atoms with van der Waals surface area (Å²) >= 11 is 1.49. The van der Waals surface area contributed by atoms with Crippen LogP contribution in [0.3, 0.4) is 0 Å². The van der Waals surface area contributed by atoms with Crippen molar-refractivity contribution in [2.45, 2.75) is 30.9 Å². The summed E-state index contributed by atoms with van der Waals surface area (Å²) in [5, 5.41) is 3.86. The van der Waals surface area contributed by atoms with Crippen molar-refractivity contribution in [1.82, 2.24) is 9.99 Å². The molecule has 3 rings (SSSR count). The molecule has 144 valence electrons. The van der Waals surface area contributed by atoms with E-state index in [0.29, 0.717) is 0 Å². The Morgan fingerprint density at radius 2 is 1.82 bits per heavy atom. The molecule has 0 aliphatic rings. The van der Waals surface area contributed by atoms with Crippen molar-refractivity contribution in [1.29, 1.82) is 0 Å². The summed E-state index contributed by atoms with van der Waals surface area (Å²) in [6.07, 6.45) is 1.64. The molecule has 4 nitrogen and oxygen atoms in total. The van der Waals surface area contributed by atoms with Gasteiger partial charge in [-0.3, -0.25) is 4.79 Å². The van der Waals surface area contributed by atoms with Crippen LogP contribution in [0.4, 0.5) is 4.39 Å². The summed E-state index contributed by atoms with van der Waals surface area (Å²) in [6, 6.07) is 18.1. The molecule has 0 saturated carbocycles. The molecule has 0 aliphatic carbocycles. The lowest BCUT2D eigenvalue weighted by Crippen LogP contribution is -2.26. The molecule has 1 unspecified atom stereocenters. The van der Waals surface area contributed by atoms with Crippen LogP contribution in [0.2, 0.25) is 0 Å². The van der Waals surface area contributed by atoms with Crippen molar-refractivity contribution in [3.63, 3.8) is 0 Å². The molecular weight excluding hydrogens is 373 g/mol. The highest BCUT2D eigenvalue weighted by molar-refractivity contribution is 8.00. The highest BCUT2D eigenvalue weighted by Crippen LogP contribution is 2.23. The smallest absolute Gasteiger partial charge is 0.253 e. The summed E-state index contributed by atoms with van der Waals surface area (Å²) in [5.41, 5.74) is 6.35. The third-order valence-corrected chi connectivity index (χ3v) is 5.47. The molecule has 0 radical (unpaired) electrons. The first kappa shape index (κ1) is 19.9. The van der Waals surface area contributed by atoms with Gasteiger partial charge in [0.2, 0.25) is 0 Å². The Hall–Kier alpha value is -2.86. The average molecular weight is 396 g/mol. The fourth-order valence-corrected chi connectivity index (χ4v) is 3.80. The van der Waals surface area contributed by atoms with E-state index in [2.05, 4.69) is 10.5 Å². The SMILES string of the molecule is Cc1cc(/C=N/NC(=O)C(C)Sc2ccccc2)c(C)n1-c1ccc(F)cc1. The number of hydrazone groups is 1. The van der Waals surface area contributed by atoms with Crippen molar-refractivity contribution in [2.24, 2.45) is 5.10 Å². The zero-order chi connectivity index (χ0) is 20.1. The van der Waals surface area contributed by atoms with Gasteiger partial charge in [-0.25, -0.2) is 9.82 Å². The molecule has 3 aromatic rings. The predicted molar refractivity (Wildman–Crippen MR) is 113 cm³/mol. The minimum Gasteiger partial charge on any atom is -0.318 e. The molecule has 1 N–H and O–H groups in total. The number of aryl methyl sites for hydroxylation is 1. The first-order chi connectivity index (χ1) is 13.5. The van der Waals surface area contributed by atoms with Crippen molar-refractivity contribution in [3.05, 3.63) is 83.4 Å². The largest absolute Gasteiger partial charge is 0.318 e. The van der Waals surface area contributed by atoms with Crippen LogP contribution in [0.25, 0.3) is 5.69 Å². The number of carbonyl (C=O) groups excluding carboxylic acids is 1. The molecule has 1 heterocycles. The Balaban J connectivity index is 1.67. The molecule has 0 spiro atoms. The number of amides is 1. The van der Waals surface area contributed by atoms with Crippen molar-refractivity contribution < 1.29 is 9.18 Å². The normalized spacial score (nSPS) is 12.3. The van der Waals surface area contributed by atoms with Gasteiger partial charge in [0, 0.05) is 27.5 Å². The Bertz CT molecular complexity index is 981. The third kappa shape index (κ3) is 4.70. The zero-order valence-electron chi connectivity index (χ0n) is 16.0. The monoisotopic (exact) mass is 395 g/mol. The van der Waals surface area contributed by atoms with E-state index in [9.17, 15) is 9.18 Å². The number of thioether (sulfide) groups is 1. The van der Waals surface area contributed by atoms with Gasteiger partial charge in [0.15, 0.2) is 0 Å². The van der Waals surface area contributed by atoms with E-state index in [-0.39, 0.29) is 17.0 Å². The van der Waals surface area contributed by atoms with E-state index < -0.39 is 0 Å². The van der Waals surface area contributed by atoms with Crippen molar-refractivity contribution >= 4 is 23.9 Å². The molecule has 0 bridgehead atoms. The second kappa shape index (κ2) is 8.89. The van der Waals surface area contributed by atoms with E-state index in [1.54, 1.807) is 18.3 Å². The highest BCUT2D eigenvalue weighted by atomic mass is 32.2. The predicted octanol–water partition coefficient (Wildman–Crippen LogP) is 4.86. The molecule has 1 aromatic heterocycles. The molecule has 2 aromatic carbocycles. The zero-order valence-corrected chi connectivity index (χ0v) is 16.8. The summed E-state index contributed by atoms with van der Waals surface area (Å²) in [7, 11) is 0. The Morgan fingerprint density at radius 1 is 1.14 bits per heavy atom. The molecule has 28 heavy (non-hydrogen) atoms. The average Bonchev–Trinajstić information content (AvgIpc) is 2.97. The van der Waals surface area contributed by atoms with E-state index >= 15 is 0 Å². The fourth-order valence-electron chi connectivity index (χ4n) is 2.92. The number of nitrogens with one attached hydrogen (secondary N) is 1. The lowest BCUT2D eigenvalue weighted by atomic mass is 10.2. The highest BCUT2D eigenvalue weighted by Gasteiger charge is 2.14. The van der Waals surface area contributed by atoms with Crippen LogP contribution >= 0.6 is 11.8 Å². The number of carbonyl (C=O) groups is 1. The van der Waals surface area contributed by atoms with Gasteiger partial charge < -0.3 is 4.57 Å². The van der Waals surface area contributed by atoms with E-state index in [0.717, 1.165) is 27.5 Å². The molecule has 0 saturated heterocycles. The van der Waals surface area contributed by atoms with Gasteiger partial charge >= 0.3 is 0 Å². The second-order valence-electron chi connectivity index (χ2n) is 6.45. The molecule has 0 fully saturated rings. The van der Waals surface area contributed by atoms with Crippen LogP contribution in [0, 0.1) is 19.7 Å². The lowest BCUT2D eigenvalue weighted by molar-refractivity contribution is -0.120. The van der Waals surface area contributed by atoms with E-state index in [1.807, 2.05) is 61.7 Å². The Morgan fingerprint density at radius 3 is 2.50 bits per heavy atom. The van der Waals surface area contributed by atoms with Crippen LogP contribution in [0.5, 0.6) is 0 Å². The summed E-state index contributed by atoms with van der Waals surface area (Å²) in [6.45, 7) is 5.79. The van der Waals surface area contributed by atoms with Crippen LogP contribution in [0.15, 0.2) is 70.7 Å². The number of aromatic nitrogens is 1. The Labute approximate surface area is 168 Å². The van der Waals surface area contributed by atoms with Gasteiger partial charge in [-0.1, -0.05) is 18.2 Å². The first-order valence-corrected chi connectivity index (χ1v) is 9.83. The topological polar surface area (TPSA) is 46.4 Å². The summed E-state index contributed by atoms with van der Waals surface area (Å²) in [4.78, 5) is 13.3. The van der Waals surface area contributed by atoms with Crippen molar-refractivity contribution in [2.75, 3.05) is 0 Å². The molecule has 6 heteroatoms. The maximum Gasteiger partial charge on any atom is 0.253 e. The van der Waals surface area contributed by atoms with E-state index in [1.165, 1.54) is 23.9 Å². The quantitative estimate of drug-likeness (QED) is 0.368. The molecule has 1 atom stereocenters. The first-order valence-electron chi connectivity index (χ1n) is 8.95. The van der Waals surface area contributed by atoms with Crippen LogP contribution in [-0.2, 0) is 4.79 Å². The number of nitrogens with zero attached hydrogens (tertiary/aromatic N) is 2. The van der Waals surface area contributed by atoms with Gasteiger partial charge in [-0.15, -0.1) is 11.8 Å². The summed E-state index contributed by atoms with van der Waals surface area (Å²) in [5.74, 6) is -0.421. The van der Waals surface area contributed by atoms with Crippen LogP contribution < -0.4 is 5.43 Å². The number of benzene rings is 2. The standard InChI is InChI=1S/C22H22FN3OS/c1-15-13-18(16(2)26(15)20-11-9-19(23)10-12-20)14-24-25-22(27)17(3)28-21-7-5-4-6-8-21/h4-14,17H,1-3H3,(H,25,27)/b24-14+. The number of halogens is 1. The molecule has 0 aliphatic heterocycles. The minimum atomic E-state index is -0.266. The number of hydrogen-bond acceptors (Lipinski definition) is 3. The number of rotatable bonds is 6. The molecular formula is C22H22FN3OS. The second-order valence-corrected chi connectivity index (χ2v) is 7.86. The maximum absolute atomic E-state index is 13.2. The Kier molecular flexibility index (Phi) is 6.31. The molecule has 1 amide bonds. The minimum absolute atomic E-state index is 0.155. The van der Waals surface area contributed by atoms with Crippen molar-refractivity contribution in [3.8, 4) is 5.69 Å². The maximum atomic E-state index is 13.2. The van der Waals surface area contributed by atoms with Gasteiger partial charge in [-0.2, -0.15) is 5.10 Å². The fraction of sp³-hybridized carbons (Fsp3) is 0.182. The number of hydrogen-bond donors (Lipinski definition) is 1. The van der Waals surface area contributed by atoms with E-state index in [4.69, 9.17) is 0 Å². The van der Waals surface area contributed by atoms with Gasteiger partial charge in [0.1, 0.15) is 5.82 Å². The van der Waals surface area contributed by atoms with Gasteiger partial charge in [-0.05, 0) is 63.2 Å². The third-order valence-electron chi connectivity index (χ3n) is 4.36. The van der Waals surface area contributed by atoms with Crippen LogP contribution in [0.1, 0.15) is 23.9 Å². The van der Waals surface area contributed by atoms with Crippen LogP contribution in [-0.4, -0.2) is 21.9 Å².